The van der Waals surface area contributed by atoms with Gasteiger partial charge in [-0.1, -0.05) is 30.3 Å². The molecule has 0 aliphatic heterocycles. The van der Waals surface area contributed by atoms with Crippen LogP contribution in [0, 0.1) is 0 Å². The quantitative estimate of drug-likeness (QED) is 0.777. The van der Waals surface area contributed by atoms with E-state index in [1.165, 1.54) is 0 Å². The largest absolute Gasteiger partial charge is 0.380 e. The smallest absolute Gasteiger partial charge is 0.141 e. The SMILES string of the molecule is CCCn1nncc1C(O)c1ccn(-c2ccccc2)n1. The fourth-order valence-corrected chi connectivity index (χ4v) is 2.22. The maximum Gasteiger partial charge on any atom is 0.141 e. The van der Waals surface area contributed by atoms with Gasteiger partial charge >= 0.3 is 0 Å². The zero-order valence-electron chi connectivity index (χ0n) is 11.8. The summed E-state index contributed by atoms with van der Waals surface area (Å²) in [5.41, 5.74) is 2.20. The van der Waals surface area contributed by atoms with Crippen LogP contribution in [-0.4, -0.2) is 29.9 Å². The number of nitrogens with zero attached hydrogens (tertiary/aromatic N) is 5. The van der Waals surface area contributed by atoms with E-state index in [2.05, 4.69) is 22.3 Å². The van der Waals surface area contributed by atoms with Gasteiger partial charge in [-0.05, 0) is 24.6 Å². The maximum atomic E-state index is 10.5. The second kappa shape index (κ2) is 5.88. The van der Waals surface area contributed by atoms with Gasteiger partial charge < -0.3 is 5.11 Å². The predicted molar refractivity (Wildman–Crippen MR) is 77.9 cm³/mol. The van der Waals surface area contributed by atoms with Gasteiger partial charge in [-0.15, -0.1) is 5.10 Å². The normalized spacial score (nSPS) is 12.5. The summed E-state index contributed by atoms with van der Waals surface area (Å²) in [7, 11) is 0. The molecule has 2 aromatic heterocycles. The Labute approximate surface area is 122 Å². The van der Waals surface area contributed by atoms with Gasteiger partial charge in [0, 0.05) is 12.7 Å². The summed E-state index contributed by atoms with van der Waals surface area (Å²) in [5.74, 6) is 0. The van der Waals surface area contributed by atoms with Crippen LogP contribution in [0.5, 0.6) is 0 Å². The maximum absolute atomic E-state index is 10.5. The van der Waals surface area contributed by atoms with Crippen molar-refractivity contribution in [3.63, 3.8) is 0 Å². The molecule has 1 N–H and O–H groups in total. The minimum Gasteiger partial charge on any atom is -0.380 e. The van der Waals surface area contributed by atoms with Gasteiger partial charge in [0.15, 0.2) is 0 Å². The molecular formula is C15H17N5O. The molecule has 6 heteroatoms. The van der Waals surface area contributed by atoms with E-state index in [4.69, 9.17) is 0 Å². The number of aryl methyl sites for hydroxylation is 1. The Morgan fingerprint density at radius 1 is 1.19 bits per heavy atom. The van der Waals surface area contributed by atoms with Crippen LogP contribution in [0.2, 0.25) is 0 Å². The summed E-state index contributed by atoms with van der Waals surface area (Å²) in [5, 5.41) is 22.8. The van der Waals surface area contributed by atoms with E-state index in [9.17, 15) is 5.11 Å². The molecule has 3 rings (SSSR count). The third-order valence-electron chi connectivity index (χ3n) is 3.27. The molecule has 0 bridgehead atoms. The molecule has 0 aliphatic carbocycles. The molecule has 0 amide bonds. The first-order chi connectivity index (χ1) is 10.3. The molecule has 108 valence electrons. The van der Waals surface area contributed by atoms with E-state index >= 15 is 0 Å². The number of hydrogen-bond acceptors (Lipinski definition) is 4. The topological polar surface area (TPSA) is 68.8 Å². The minimum atomic E-state index is -0.823. The molecule has 3 aromatic rings. The molecule has 0 aliphatic rings. The van der Waals surface area contributed by atoms with E-state index in [1.807, 2.05) is 36.5 Å². The first-order valence-electron chi connectivity index (χ1n) is 6.97. The first-order valence-corrected chi connectivity index (χ1v) is 6.97. The predicted octanol–water partition coefficient (Wildman–Crippen LogP) is 1.96. The Kier molecular flexibility index (Phi) is 3.79. The van der Waals surface area contributed by atoms with Gasteiger partial charge in [-0.3, -0.25) is 0 Å². The van der Waals surface area contributed by atoms with E-state index in [-0.39, 0.29) is 0 Å². The lowest BCUT2D eigenvalue weighted by molar-refractivity contribution is 0.202. The van der Waals surface area contributed by atoms with E-state index < -0.39 is 6.10 Å². The van der Waals surface area contributed by atoms with Crippen LogP contribution in [0.25, 0.3) is 5.69 Å². The van der Waals surface area contributed by atoms with Crippen molar-refractivity contribution in [3.05, 3.63) is 60.2 Å². The van der Waals surface area contributed by atoms with Gasteiger partial charge in [0.05, 0.1) is 23.3 Å². The Morgan fingerprint density at radius 2 is 2.00 bits per heavy atom. The highest BCUT2D eigenvalue weighted by atomic mass is 16.3. The zero-order valence-corrected chi connectivity index (χ0v) is 11.8. The van der Waals surface area contributed by atoms with Gasteiger partial charge in [0.25, 0.3) is 0 Å². The monoisotopic (exact) mass is 283 g/mol. The van der Waals surface area contributed by atoms with Crippen molar-refractivity contribution < 1.29 is 5.11 Å². The second-order valence-corrected chi connectivity index (χ2v) is 4.81. The number of rotatable bonds is 5. The number of hydrogen-bond donors (Lipinski definition) is 1. The summed E-state index contributed by atoms with van der Waals surface area (Å²) in [6, 6.07) is 11.6. The average molecular weight is 283 g/mol. The highest BCUT2D eigenvalue weighted by Crippen LogP contribution is 2.20. The lowest BCUT2D eigenvalue weighted by Crippen LogP contribution is -2.11. The standard InChI is InChI=1S/C15H17N5O/c1-2-9-20-14(11-16-18-20)15(21)13-8-10-19(17-13)12-6-4-3-5-7-12/h3-8,10-11,15,21H,2,9H2,1H3. The van der Waals surface area contributed by atoms with Crippen molar-refractivity contribution in [2.45, 2.75) is 26.0 Å². The molecule has 0 spiro atoms. The van der Waals surface area contributed by atoms with Gasteiger partial charge in [-0.2, -0.15) is 5.10 Å². The Balaban J connectivity index is 1.87. The van der Waals surface area contributed by atoms with Gasteiger partial charge in [0.1, 0.15) is 6.10 Å². The number of aromatic nitrogens is 5. The van der Waals surface area contributed by atoms with Crippen molar-refractivity contribution in [1.29, 1.82) is 0 Å². The van der Waals surface area contributed by atoms with Crippen molar-refractivity contribution >= 4 is 0 Å². The van der Waals surface area contributed by atoms with E-state index in [1.54, 1.807) is 21.6 Å². The molecule has 0 radical (unpaired) electrons. The lowest BCUT2D eigenvalue weighted by atomic mass is 10.2. The summed E-state index contributed by atoms with van der Waals surface area (Å²) < 4.78 is 3.46. The van der Waals surface area contributed by atoms with Crippen molar-refractivity contribution in [3.8, 4) is 5.69 Å². The third kappa shape index (κ3) is 2.71. The number of aliphatic hydroxyl groups excluding tert-OH is 1. The van der Waals surface area contributed by atoms with Crippen LogP contribution in [0.3, 0.4) is 0 Å². The number of para-hydroxylation sites is 1. The van der Waals surface area contributed by atoms with Crippen LogP contribution >= 0.6 is 0 Å². The van der Waals surface area contributed by atoms with Crippen LogP contribution in [0.1, 0.15) is 30.8 Å². The molecule has 6 nitrogen and oxygen atoms in total. The van der Waals surface area contributed by atoms with E-state index in [0.717, 1.165) is 18.7 Å². The third-order valence-corrected chi connectivity index (χ3v) is 3.27. The van der Waals surface area contributed by atoms with Gasteiger partial charge in [-0.25, -0.2) is 9.36 Å². The van der Waals surface area contributed by atoms with Crippen molar-refractivity contribution in [2.24, 2.45) is 0 Å². The molecule has 1 aromatic carbocycles. The first kappa shape index (κ1) is 13.5. The summed E-state index contributed by atoms with van der Waals surface area (Å²) in [4.78, 5) is 0. The highest BCUT2D eigenvalue weighted by Gasteiger charge is 2.18. The van der Waals surface area contributed by atoms with Gasteiger partial charge in [0.2, 0.25) is 0 Å². The molecule has 1 unspecified atom stereocenters. The Hall–Kier alpha value is -2.47. The van der Waals surface area contributed by atoms with Crippen molar-refractivity contribution in [1.82, 2.24) is 24.8 Å². The molecule has 0 saturated heterocycles. The molecule has 2 heterocycles. The van der Waals surface area contributed by atoms with Crippen LogP contribution < -0.4 is 0 Å². The molecule has 21 heavy (non-hydrogen) atoms. The summed E-state index contributed by atoms with van der Waals surface area (Å²) in [6.45, 7) is 2.79. The number of aliphatic hydroxyl groups is 1. The molecule has 0 saturated carbocycles. The minimum absolute atomic E-state index is 0.582. The molecule has 1 atom stereocenters. The Morgan fingerprint density at radius 3 is 2.76 bits per heavy atom. The summed E-state index contributed by atoms with van der Waals surface area (Å²) >= 11 is 0. The summed E-state index contributed by atoms with van der Waals surface area (Å²) in [6.07, 6.45) is 3.53. The molecular weight excluding hydrogens is 266 g/mol. The van der Waals surface area contributed by atoms with Crippen molar-refractivity contribution in [2.75, 3.05) is 0 Å². The number of benzene rings is 1. The average Bonchev–Trinajstić information content (AvgIpc) is 3.17. The van der Waals surface area contributed by atoms with Crippen LogP contribution in [0.15, 0.2) is 48.8 Å². The zero-order chi connectivity index (χ0) is 14.7. The fraction of sp³-hybridized carbons (Fsp3) is 0.267. The van der Waals surface area contributed by atoms with Crippen LogP contribution in [-0.2, 0) is 6.54 Å². The lowest BCUT2D eigenvalue weighted by Gasteiger charge is -2.09. The fourth-order valence-electron chi connectivity index (χ4n) is 2.22. The molecule has 0 fully saturated rings. The Bertz CT molecular complexity index is 704. The second-order valence-electron chi connectivity index (χ2n) is 4.81. The van der Waals surface area contributed by atoms with Crippen LogP contribution in [0.4, 0.5) is 0 Å². The van der Waals surface area contributed by atoms with E-state index in [0.29, 0.717) is 11.4 Å². The highest BCUT2D eigenvalue weighted by molar-refractivity contribution is 5.31.